The van der Waals surface area contributed by atoms with Crippen molar-refractivity contribution in [2.45, 2.75) is 140 Å². The lowest BCUT2D eigenvalue weighted by molar-refractivity contribution is -0.136. The van der Waals surface area contributed by atoms with Crippen LogP contribution in [0.5, 0.6) is 0 Å². The number of hydrogen-bond acceptors (Lipinski definition) is 12. The van der Waals surface area contributed by atoms with Crippen LogP contribution in [-0.2, 0) is 60.8 Å². The number of nitrogens with two attached hydrogens (primary N) is 6. The second-order valence-electron chi connectivity index (χ2n) is 19.2. The molecule has 1 aliphatic rings. The SMILES string of the molecule is CC(=O)N[C@@H](CCCN=C(N)N)C(=O)N[C@H]1CCC(=O)CCCC[C@@H](C(N)=O)NC(=O)[C@H](Cc2c[nH]c3ccccc23)CC(=O)[C@H](CCCN=C(N)N)CC(=O)[C@@H](Cc2ccccc2Cl)NC(=O)[C@H](CCC(N)=O)NC1=O. The third-order valence-corrected chi connectivity index (χ3v) is 13.5. The van der Waals surface area contributed by atoms with Gasteiger partial charge in [0.2, 0.25) is 41.4 Å². The minimum atomic E-state index is -1.57. The average Bonchev–Trinajstić information content (AvgIpc) is 3.79. The number of aliphatic imine (C=N–C) groups is 2. The Hall–Kier alpha value is -7.89. The number of primary amides is 2. The zero-order chi connectivity index (χ0) is 56.6. The molecule has 2 heterocycles. The largest absolute Gasteiger partial charge is 0.370 e. The molecule has 7 atom stereocenters. The van der Waals surface area contributed by atoms with Gasteiger partial charge >= 0.3 is 0 Å². The van der Waals surface area contributed by atoms with Gasteiger partial charge in [-0.1, -0.05) is 54.4 Å². The van der Waals surface area contributed by atoms with Crippen molar-refractivity contribution in [1.29, 1.82) is 0 Å². The first kappa shape index (κ1) is 61.7. The molecule has 0 aliphatic carbocycles. The highest BCUT2D eigenvalue weighted by Crippen LogP contribution is 2.27. The summed E-state index contributed by atoms with van der Waals surface area (Å²) in [6.45, 7) is 1.38. The molecule has 18 N–H and O–H groups in total. The summed E-state index contributed by atoms with van der Waals surface area (Å²) in [6, 6.07) is 7.01. The van der Waals surface area contributed by atoms with Crippen LogP contribution in [0.2, 0.25) is 5.02 Å². The number of carbonyl (C=O) groups is 10. The maximum absolute atomic E-state index is 14.8. The van der Waals surface area contributed by atoms with Gasteiger partial charge in [0.25, 0.3) is 0 Å². The molecule has 4 rings (SSSR count). The number of aromatic amines is 1. The highest BCUT2D eigenvalue weighted by atomic mass is 35.5. The monoisotopic (exact) mass is 1090 g/mol. The zero-order valence-corrected chi connectivity index (χ0v) is 44.0. The number of fused-ring (bicyclic) bond motifs is 1. The lowest BCUT2D eigenvalue weighted by Gasteiger charge is -2.27. The van der Waals surface area contributed by atoms with E-state index >= 15 is 0 Å². The number of H-pyrrole nitrogens is 1. The van der Waals surface area contributed by atoms with Crippen molar-refractivity contribution >= 4 is 93.1 Å². The standard InChI is InChI=1S/C52H73ClN14O10/c1-29(68)63-39(17-9-23-61-52(58)59)48(75)65-40-19-18-34(69)12-3-6-16-38(46(55)73)64-47(74)32(24-33-28-62-37-15-7-4-13-35(33)37)27-43(70)31(11-8-22-60-51(56)57)26-44(71)42(25-30-10-2-5-14-36(30)53)67-50(77)41(66-49(40)76)20-21-45(54)72/h2,4-5,7,10,13-15,28,31-32,38-42,62H,3,6,8-9,11-12,16-27H2,1H3,(H2,54,72)(H2,55,73)(H,63,68)(H,64,74)(H,65,75)(H,66,76)(H,67,77)(H4,56,57,60)(H4,58,59,61)/t31-,32-,38+,39+,40+,41+,42-/m1/s1. The number of ketones is 3. The molecular weight excluding hydrogens is 1020 g/mol. The zero-order valence-electron chi connectivity index (χ0n) is 43.3. The fourth-order valence-electron chi connectivity index (χ4n) is 9.01. The number of nitrogens with zero attached hydrogens (tertiary/aromatic N) is 2. The first-order valence-corrected chi connectivity index (χ1v) is 26.0. The van der Waals surface area contributed by atoms with Gasteiger partial charge in [-0.25, -0.2) is 0 Å². The van der Waals surface area contributed by atoms with Gasteiger partial charge in [0.1, 0.15) is 35.7 Å². The van der Waals surface area contributed by atoms with E-state index in [2.05, 4.69) is 41.6 Å². The second-order valence-corrected chi connectivity index (χ2v) is 19.6. The number of benzene rings is 2. The molecule has 0 bridgehead atoms. The number of aromatic nitrogens is 1. The van der Waals surface area contributed by atoms with Gasteiger partial charge in [-0.2, -0.15) is 0 Å². The summed E-state index contributed by atoms with van der Waals surface area (Å²) in [5.74, 6) is -9.66. The first-order valence-electron chi connectivity index (χ1n) is 25.6. The van der Waals surface area contributed by atoms with Gasteiger partial charge in [-0.3, -0.25) is 57.9 Å². The second kappa shape index (κ2) is 31.2. The molecule has 418 valence electrons. The highest BCUT2D eigenvalue weighted by Gasteiger charge is 2.35. The number of para-hydroxylation sites is 1. The molecule has 77 heavy (non-hydrogen) atoms. The van der Waals surface area contributed by atoms with E-state index in [-0.39, 0.29) is 119 Å². The summed E-state index contributed by atoms with van der Waals surface area (Å²) < 4.78 is 0. The van der Waals surface area contributed by atoms with E-state index in [0.29, 0.717) is 11.1 Å². The van der Waals surface area contributed by atoms with Crippen LogP contribution in [0.3, 0.4) is 0 Å². The van der Waals surface area contributed by atoms with E-state index in [9.17, 15) is 47.9 Å². The molecule has 1 aromatic heterocycles. The summed E-state index contributed by atoms with van der Waals surface area (Å²) in [7, 11) is 0. The Morgan fingerprint density at radius 2 is 1.36 bits per heavy atom. The molecule has 0 spiro atoms. The van der Waals surface area contributed by atoms with E-state index in [1.807, 2.05) is 24.3 Å². The third kappa shape index (κ3) is 21.3. The quantitative estimate of drug-likeness (QED) is 0.0427. The van der Waals surface area contributed by atoms with Gasteiger partial charge in [0.05, 0.1) is 6.04 Å². The number of amides is 7. The van der Waals surface area contributed by atoms with Crippen LogP contribution < -0.4 is 61.0 Å². The highest BCUT2D eigenvalue weighted by molar-refractivity contribution is 6.31. The minimum absolute atomic E-state index is 0.0272. The third-order valence-electron chi connectivity index (χ3n) is 13.1. The molecule has 0 saturated carbocycles. The number of guanidine groups is 2. The number of halogens is 1. The molecule has 7 amide bonds. The molecule has 1 saturated heterocycles. The lowest BCUT2D eigenvalue weighted by atomic mass is 9.83. The van der Waals surface area contributed by atoms with Crippen LogP contribution in [0.25, 0.3) is 10.9 Å². The normalized spacial score (nSPS) is 21.1. The summed E-state index contributed by atoms with van der Waals surface area (Å²) in [4.78, 5) is 149. The van der Waals surface area contributed by atoms with Crippen LogP contribution in [0.15, 0.2) is 64.7 Å². The van der Waals surface area contributed by atoms with E-state index in [1.54, 1.807) is 30.5 Å². The van der Waals surface area contributed by atoms with Crippen molar-refractivity contribution < 1.29 is 47.9 Å². The molecule has 1 fully saturated rings. The minimum Gasteiger partial charge on any atom is -0.370 e. The smallest absolute Gasteiger partial charge is 0.243 e. The van der Waals surface area contributed by atoms with Crippen LogP contribution in [0, 0.1) is 11.8 Å². The average molecular weight is 1090 g/mol. The summed E-state index contributed by atoms with van der Waals surface area (Å²) in [5, 5.41) is 14.2. The Labute approximate surface area is 451 Å². The maximum atomic E-state index is 14.8. The van der Waals surface area contributed by atoms with E-state index in [1.165, 1.54) is 6.92 Å². The Balaban J connectivity index is 1.80. The lowest BCUT2D eigenvalue weighted by Crippen LogP contribution is -2.58. The molecule has 1 aliphatic heterocycles. The van der Waals surface area contributed by atoms with Crippen molar-refractivity contribution in [1.82, 2.24) is 31.6 Å². The van der Waals surface area contributed by atoms with Crippen molar-refractivity contribution in [2.75, 3.05) is 13.1 Å². The Morgan fingerprint density at radius 1 is 0.701 bits per heavy atom. The van der Waals surface area contributed by atoms with Crippen molar-refractivity contribution in [3.63, 3.8) is 0 Å². The van der Waals surface area contributed by atoms with Gasteiger partial charge in [0.15, 0.2) is 17.7 Å². The fraction of sp³-hybridized carbons (Fsp3) is 0.500. The topological polar surface area (TPSA) is 427 Å². The molecule has 2 aromatic carbocycles. The fourth-order valence-corrected chi connectivity index (χ4v) is 9.22. The summed E-state index contributed by atoms with van der Waals surface area (Å²) in [6.07, 6.45) is 0.293. The maximum Gasteiger partial charge on any atom is 0.243 e. The number of Topliss-reactive ketones (excluding diaryl/α,β-unsaturated/α-hetero) is 3. The Bertz CT molecular complexity index is 2650. The molecule has 0 radical (unpaired) electrons. The molecular formula is C52H73ClN14O10. The predicted octanol–water partition coefficient (Wildman–Crippen LogP) is -0.0175. The molecule has 24 nitrogen and oxygen atoms in total. The van der Waals surface area contributed by atoms with E-state index in [4.69, 9.17) is 46.0 Å². The molecule has 25 heteroatoms. The summed E-state index contributed by atoms with van der Waals surface area (Å²) >= 11 is 6.59. The van der Waals surface area contributed by atoms with Crippen LogP contribution in [0.4, 0.5) is 0 Å². The van der Waals surface area contributed by atoms with Gasteiger partial charge < -0.3 is 66.0 Å². The Morgan fingerprint density at radius 3 is 2.04 bits per heavy atom. The molecule has 3 aromatic rings. The van der Waals surface area contributed by atoms with Crippen molar-refractivity contribution in [2.24, 2.45) is 56.2 Å². The van der Waals surface area contributed by atoms with Gasteiger partial charge in [-0.05, 0) is 81.0 Å². The van der Waals surface area contributed by atoms with Crippen molar-refractivity contribution in [3.05, 3.63) is 70.9 Å². The molecule has 0 unspecified atom stereocenters. The van der Waals surface area contributed by atoms with Crippen molar-refractivity contribution in [3.8, 4) is 0 Å². The van der Waals surface area contributed by atoms with E-state index in [0.717, 1.165) is 10.9 Å². The number of nitrogens with one attached hydrogen (secondary N) is 6. The summed E-state index contributed by atoms with van der Waals surface area (Å²) in [5.41, 5.74) is 35.3. The van der Waals surface area contributed by atoms with Gasteiger partial charge in [0, 0.05) is 92.5 Å². The predicted molar refractivity (Wildman–Crippen MR) is 289 cm³/mol. The Kier molecular flexibility index (Phi) is 25.0. The van der Waals surface area contributed by atoms with Crippen LogP contribution in [-0.4, -0.2) is 119 Å². The first-order chi connectivity index (χ1) is 36.6. The number of rotatable bonds is 19. The number of hydrogen-bond donors (Lipinski definition) is 12. The number of carbonyl (C=O) groups excluding carboxylic acids is 10. The van der Waals surface area contributed by atoms with Crippen LogP contribution >= 0.6 is 11.6 Å². The van der Waals surface area contributed by atoms with E-state index < -0.39 is 114 Å². The van der Waals surface area contributed by atoms with Crippen LogP contribution in [0.1, 0.15) is 108 Å². The van der Waals surface area contributed by atoms with Gasteiger partial charge in [-0.15, -0.1) is 0 Å².